The summed E-state index contributed by atoms with van der Waals surface area (Å²) in [7, 11) is 0. The molecule has 3 rings (SSSR count). The molecule has 1 aliphatic rings. The first-order valence-corrected chi connectivity index (χ1v) is 10.9. The summed E-state index contributed by atoms with van der Waals surface area (Å²) in [5.74, 6) is 0.965. The zero-order chi connectivity index (χ0) is 19.4. The number of nitrogens with zero attached hydrogens (tertiary/aromatic N) is 2. The molecule has 0 spiro atoms. The van der Waals surface area contributed by atoms with Crippen LogP contribution < -0.4 is 10.9 Å². The van der Waals surface area contributed by atoms with E-state index in [1.54, 1.807) is 4.57 Å². The Balaban J connectivity index is 1.84. The summed E-state index contributed by atoms with van der Waals surface area (Å²) in [4.78, 5) is 29.9. The van der Waals surface area contributed by atoms with Crippen LogP contribution in [0.2, 0.25) is 0 Å². The van der Waals surface area contributed by atoms with Crippen molar-refractivity contribution in [1.82, 2.24) is 14.9 Å². The molecule has 0 saturated heterocycles. The predicted molar refractivity (Wildman–Crippen MR) is 111 cm³/mol. The predicted octanol–water partition coefficient (Wildman–Crippen LogP) is 4.15. The number of para-hydroxylation sites is 1. The topological polar surface area (TPSA) is 64.0 Å². The minimum Gasteiger partial charge on any atom is -0.353 e. The lowest BCUT2D eigenvalue weighted by Gasteiger charge is -2.20. The number of nitrogens with one attached hydrogen (secondary N) is 1. The smallest absolute Gasteiger partial charge is 0.262 e. The van der Waals surface area contributed by atoms with Crippen LogP contribution in [0.5, 0.6) is 0 Å². The maximum Gasteiger partial charge on any atom is 0.262 e. The zero-order valence-corrected chi connectivity index (χ0v) is 17.2. The Hall–Kier alpha value is -1.82. The van der Waals surface area contributed by atoms with Crippen molar-refractivity contribution in [2.75, 3.05) is 5.75 Å². The first kappa shape index (κ1) is 19.9. The summed E-state index contributed by atoms with van der Waals surface area (Å²) in [6.45, 7) is 6.51. The maximum absolute atomic E-state index is 13.1. The highest BCUT2D eigenvalue weighted by atomic mass is 32.2. The van der Waals surface area contributed by atoms with Gasteiger partial charge in [-0.15, -0.1) is 0 Å². The second kappa shape index (κ2) is 8.91. The molecule has 1 aromatic carbocycles. The van der Waals surface area contributed by atoms with Gasteiger partial charge in [-0.25, -0.2) is 4.98 Å². The van der Waals surface area contributed by atoms with Gasteiger partial charge < -0.3 is 5.32 Å². The largest absolute Gasteiger partial charge is 0.353 e. The van der Waals surface area contributed by atoms with Crippen molar-refractivity contribution in [2.45, 2.75) is 70.1 Å². The maximum atomic E-state index is 13.1. The summed E-state index contributed by atoms with van der Waals surface area (Å²) in [5, 5.41) is 4.28. The quantitative estimate of drug-likeness (QED) is 0.518. The summed E-state index contributed by atoms with van der Waals surface area (Å²) in [5.41, 5.74) is 0.681. The average Bonchev–Trinajstić information content (AvgIpc) is 3.43. The standard InChI is InChI=1S/C21H29N3O2S/c1-14(2)7-6-8-15(3)24-20(26)17-9-4-5-10-18(17)23-21(24)27-13-19(25)22-16-11-12-16/h4-5,9-10,14-16H,6-8,11-13H2,1-3H3,(H,22,25). The van der Waals surface area contributed by atoms with Crippen LogP contribution in [0.15, 0.2) is 34.2 Å². The molecule has 1 heterocycles. The molecule has 1 unspecified atom stereocenters. The Labute approximate surface area is 164 Å². The van der Waals surface area contributed by atoms with E-state index >= 15 is 0 Å². The number of thioether (sulfide) groups is 1. The van der Waals surface area contributed by atoms with Crippen LogP contribution in [0.3, 0.4) is 0 Å². The number of rotatable bonds is 9. The van der Waals surface area contributed by atoms with Gasteiger partial charge in [-0.1, -0.05) is 50.6 Å². The van der Waals surface area contributed by atoms with Gasteiger partial charge in [0.15, 0.2) is 5.16 Å². The number of carbonyl (C=O) groups is 1. The Morgan fingerprint density at radius 2 is 2.00 bits per heavy atom. The van der Waals surface area contributed by atoms with Crippen LogP contribution in [0.1, 0.15) is 58.9 Å². The van der Waals surface area contributed by atoms with E-state index in [9.17, 15) is 9.59 Å². The summed E-state index contributed by atoms with van der Waals surface area (Å²) >= 11 is 1.36. The van der Waals surface area contributed by atoms with Crippen molar-refractivity contribution in [3.63, 3.8) is 0 Å². The second-order valence-electron chi connectivity index (χ2n) is 7.89. The Morgan fingerprint density at radius 1 is 1.26 bits per heavy atom. The van der Waals surface area contributed by atoms with E-state index in [-0.39, 0.29) is 17.5 Å². The molecule has 0 aliphatic heterocycles. The normalized spacial score (nSPS) is 15.3. The Morgan fingerprint density at radius 3 is 2.70 bits per heavy atom. The molecule has 1 aromatic heterocycles. The average molecular weight is 388 g/mol. The molecular formula is C21H29N3O2S. The van der Waals surface area contributed by atoms with E-state index in [4.69, 9.17) is 4.98 Å². The van der Waals surface area contributed by atoms with Gasteiger partial charge in [0.05, 0.1) is 16.7 Å². The van der Waals surface area contributed by atoms with Gasteiger partial charge in [-0.3, -0.25) is 14.2 Å². The van der Waals surface area contributed by atoms with E-state index in [0.717, 1.165) is 32.1 Å². The summed E-state index contributed by atoms with van der Waals surface area (Å²) in [6.07, 6.45) is 5.29. The number of benzene rings is 1. The molecule has 1 aliphatic carbocycles. The number of fused-ring (bicyclic) bond motifs is 1. The fraction of sp³-hybridized carbons (Fsp3) is 0.571. The fourth-order valence-electron chi connectivity index (χ4n) is 3.19. The molecule has 1 fully saturated rings. The molecule has 146 valence electrons. The van der Waals surface area contributed by atoms with Crippen LogP contribution in [-0.2, 0) is 4.79 Å². The molecule has 27 heavy (non-hydrogen) atoms. The molecule has 0 bridgehead atoms. The van der Waals surface area contributed by atoms with Crippen LogP contribution in [0, 0.1) is 5.92 Å². The lowest BCUT2D eigenvalue weighted by Crippen LogP contribution is -2.29. The van der Waals surface area contributed by atoms with E-state index in [0.29, 0.717) is 33.8 Å². The summed E-state index contributed by atoms with van der Waals surface area (Å²) in [6, 6.07) is 7.85. The lowest BCUT2D eigenvalue weighted by atomic mass is 10.0. The molecule has 6 heteroatoms. The van der Waals surface area contributed by atoms with E-state index < -0.39 is 0 Å². The van der Waals surface area contributed by atoms with Crippen molar-refractivity contribution < 1.29 is 4.79 Å². The van der Waals surface area contributed by atoms with E-state index in [1.807, 2.05) is 24.3 Å². The first-order chi connectivity index (χ1) is 13.0. The highest BCUT2D eigenvalue weighted by molar-refractivity contribution is 7.99. The third kappa shape index (κ3) is 5.34. The van der Waals surface area contributed by atoms with Crippen molar-refractivity contribution in [3.8, 4) is 0 Å². The highest BCUT2D eigenvalue weighted by Gasteiger charge is 2.24. The molecule has 2 aromatic rings. The molecular weight excluding hydrogens is 358 g/mol. The van der Waals surface area contributed by atoms with Crippen LogP contribution in [0.4, 0.5) is 0 Å². The SMILES string of the molecule is CC(C)CCCC(C)n1c(SCC(=O)NC2CC2)nc2ccccc2c1=O. The van der Waals surface area contributed by atoms with Crippen LogP contribution in [-0.4, -0.2) is 27.3 Å². The van der Waals surface area contributed by atoms with Crippen LogP contribution >= 0.6 is 11.8 Å². The molecule has 1 amide bonds. The minimum absolute atomic E-state index is 0.0113. The molecule has 1 atom stereocenters. The van der Waals surface area contributed by atoms with Crippen LogP contribution in [0.25, 0.3) is 10.9 Å². The number of aromatic nitrogens is 2. The second-order valence-corrected chi connectivity index (χ2v) is 8.83. The van der Waals surface area contributed by atoms with Crippen molar-refractivity contribution >= 4 is 28.6 Å². The van der Waals surface area contributed by atoms with Gasteiger partial charge in [0, 0.05) is 12.1 Å². The minimum atomic E-state index is -0.0113. The number of carbonyl (C=O) groups excluding carboxylic acids is 1. The Bertz CT molecular complexity index is 858. The lowest BCUT2D eigenvalue weighted by molar-refractivity contribution is -0.118. The summed E-state index contributed by atoms with van der Waals surface area (Å²) < 4.78 is 1.79. The third-order valence-corrected chi connectivity index (χ3v) is 5.85. The van der Waals surface area contributed by atoms with Crippen molar-refractivity contribution in [2.24, 2.45) is 5.92 Å². The molecule has 0 radical (unpaired) electrons. The number of hydrogen-bond donors (Lipinski definition) is 1. The molecule has 1 N–H and O–H groups in total. The number of hydrogen-bond acceptors (Lipinski definition) is 4. The molecule has 1 saturated carbocycles. The van der Waals surface area contributed by atoms with Crippen molar-refractivity contribution in [3.05, 3.63) is 34.6 Å². The van der Waals surface area contributed by atoms with Gasteiger partial charge in [-0.2, -0.15) is 0 Å². The van der Waals surface area contributed by atoms with Gasteiger partial charge in [0.25, 0.3) is 5.56 Å². The van der Waals surface area contributed by atoms with Gasteiger partial charge in [-0.05, 0) is 44.2 Å². The monoisotopic (exact) mass is 387 g/mol. The highest BCUT2D eigenvalue weighted by Crippen LogP contribution is 2.25. The third-order valence-electron chi connectivity index (χ3n) is 4.89. The molecule has 5 nitrogen and oxygen atoms in total. The Kier molecular flexibility index (Phi) is 6.58. The fourth-order valence-corrected chi connectivity index (χ4v) is 4.10. The zero-order valence-electron chi connectivity index (χ0n) is 16.4. The number of amides is 1. The van der Waals surface area contributed by atoms with Crippen molar-refractivity contribution in [1.29, 1.82) is 0 Å². The van der Waals surface area contributed by atoms with Gasteiger partial charge >= 0.3 is 0 Å². The van der Waals surface area contributed by atoms with Gasteiger partial charge in [0.2, 0.25) is 5.91 Å². The van der Waals surface area contributed by atoms with E-state index in [1.165, 1.54) is 11.8 Å². The first-order valence-electron chi connectivity index (χ1n) is 9.89. The van der Waals surface area contributed by atoms with Gasteiger partial charge in [0.1, 0.15) is 0 Å². The van der Waals surface area contributed by atoms with E-state index in [2.05, 4.69) is 26.1 Å².